The van der Waals surface area contributed by atoms with E-state index in [0.29, 0.717) is 30.0 Å². The van der Waals surface area contributed by atoms with Gasteiger partial charge >= 0.3 is 0 Å². The van der Waals surface area contributed by atoms with Gasteiger partial charge in [0, 0.05) is 42.6 Å². The van der Waals surface area contributed by atoms with Crippen LogP contribution in [0.15, 0.2) is 48.5 Å². The van der Waals surface area contributed by atoms with Crippen LogP contribution in [0.4, 0.5) is 17.1 Å². The largest absolute Gasteiger partial charge is 0.376 e. The second kappa shape index (κ2) is 11.6. The lowest BCUT2D eigenvalue weighted by Crippen LogP contribution is -2.32. The maximum absolute atomic E-state index is 12.7. The summed E-state index contributed by atoms with van der Waals surface area (Å²) in [6, 6.07) is 14.1. The summed E-state index contributed by atoms with van der Waals surface area (Å²) in [5.41, 5.74) is 2.61. The van der Waals surface area contributed by atoms with E-state index < -0.39 is 0 Å². The first-order valence-corrected chi connectivity index (χ1v) is 10.2. The van der Waals surface area contributed by atoms with Crippen molar-refractivity contribution in [2.45, 2.75) is 33.6 Å². The van der Waals surface area contributed by atoms with Crippen molar-refractivity contribution in [1.82, 2.24) is 4.90 Å². The van der Waals surface area contributed by atoms with Crippen molar-refractivity contribution in [3.05, 3.63) is 54.1 Å². The molecule has 2 aromatic rings. The predicted molar refractivity (Wildman–Crippen MR) is 121 cm³/mol. The zero-order chi connectivity index (χ0) is 21.9. The Labute approximate surface area is 177 Å². The Morgan fingerprint density at radius 1 is 0.833 bits per heavy atom. The summed E-state index contributed by atoms with van der Waals surface area (Å²) in [6.07, 6.45) is 1.80. The predicted octanol–water partition coefficient (Wildman–Crippen LogP) is 3.96. The van der Waals surface area contributed by atoms with Gasteiger partial charge in [0.2, 0.25) is 11.8 Å². The summed E-state index contributed by atoms with van der Waals surface area (Å²) in [7, 11) is 0. The number of hydrogen-bond donors (Lipinski definition) is 3. The topological polar surface area (TPSA) is 90.5 Å². The Morgan fingerprint density at radius 3 is 2.07 bits per heavy atom. The molecule has 0 radical (unpaired) electrons. The third-order valence-electron chi connectivity index (χ3n) is 4.33. The molecule has 2 rings (SSSR count). The van der Waals surface area contributed by atoms with Gasteiger partial charge in [-0.25, -0.2) is 0 Å². The van der Waals surface area contributed by atoms with E-state index in [1.165, 1.54) is 6.92 Å². The highest BCUT2D eigenvalue weighted by Crippen LogP contribution is 2.15. The van der Waals surface area contributed by atoms with Crippen molar-refractivity contribution in [1.29, 1.82) is 0 Å². The highest BCUT2D eigenvalue weighted by Gasteiger charge is 2.15. The first kappa shape index (κ1) is 22.9. The molecule has 0 bridgehead atoms. The number of carbonyl (C=O) groups is 3. The molecular weight excluding hydrogens is 380 g/mol. The van der Waals surface area contributed by atoms with Gasteiger partial charge in [-0.1, -0.05) is 19.9 Å². The van der Waals surface area contributed by atoms with Crippen LogP contribution in [-0.2, 0) is 9.59 Å². The third kappa shape index (κ3) is 7.24. The average molecular weight is 411 g/mol. The quantitative estimate of drug-likeness (QED) is 0.553. The van der Waals surface area contributed by atoms with E-state index in [9.17, 15) is 14.4 Å². The molecule has 160 valence electrons. The second-order valence-electron chi connectivity index (χ2n) is 7.03. The van der Waals surface area contributed by atoms with Crippen LogP contribution in [0.1, 0.15) is 44.0 Å². The molecule has 30 heavy (non-hydrogen) atoms. The zero-order valence-corrected chi connectivity index (χ0v) is 17.8. The van der Waals surface area contributed by atoms with Crippen molar-refractivity contribution in [3.63, 3.8) is 0 Å². The van der Waals surface area contributed by atoms with E-state index in [-0.39, 0.29) is 24.3 Å². The Balaban J connectivity index is 1.93. The maximum atomic E-state index is 12.7. The maximum Gasteiger partial charge on any atom is 0.253 e. The van der Waals surface area contributed by atoms with Crippen LogP contribution in [0.5, 0.6) is 0 Å². The molecule has 0 fully saturated rings. The van der Waals surface area contributed by atoms with Crippen LogP contribution in [-0.4, -0.2) is 42.3 Å². The fraction of sp³-hybridized carbons (Fsp3) is 0.348. The van der Waals surface area contributed by atoms with E-state index in [1.807, 2.05) is 18.7 Å². The van der Waals surface area contributed by atoms with Crippen LogP contribution < -0.4 is 16.0 Å². The lowest BCUT2D eigenvalue weighted by molar-refractivity contribution is -0.115. The molecule has 3 N–H and O–H groups in total. The van der Waals surface area contributed by atoms with Crippen molar-refractivity contribution in [2.24, 2.45) is 0 Å². The van der Waals surface area contributed by atoms with Gasteiger partial charge < -0.3 is 20.9 Å². The lowest BCUT2D eigenvalue weighted by Gasteiger charge is -2.21. The van der Waals surface area contributed by atoms with E-state index >= 15 is 0 Å². The number of amides is 3. The van der Waals surface area contributed by atoms with Crippen LogP contribution in [0.2, 0.25) is 0 Å². The minimum Gasteiger partial charge on any atom is -0.376 e. The molecule has 0 saturated heterocycles. The minimum atomic E-state index is -0.218. The monoisotopic (exact) mass is 410 g/mol. The molecule has 0 aromatic heterocycles. The first-order valence-electron chi connectivity index (χ1n) is 10.2. The Bertz CT molecular complexity index is 859. The molecule has 0 spiro atoms. The van der Waals surface area contributed by atoms with E-state index in [0.717, 1.165) is 18.5 Å². The first-order chi connectivity index (χ1) is 14.4. The molecule has 3 amide bonds. The summed E-state index contributed by atoms with van der Waals surface area (Å²) >= 11 is 0. The van der Waals surface area contributed by atoms with E-state index in [1.54, 1.807) is 48.5 Å². The summed E-state index contributed by atoms with van der Waals surface area (Å²) < 4.78 is 0. The highest BCUT2D eigenvalue weighted by atomic mass is 16.2. The molecule has 0 heterocycles. The zero-order valence-electron chi connectivity index (χ0n) is 17.8. The van der Waals surface area contributed by atoms with Crippen molar-refractivity contribution in [2.75, 3.05) is 35.6 Å². The van der Waals surface area contributed by atoms with Crippen LogP contribution >= 0.6 is 0 Å². The van der Waals surface area contributed by atoms with Crippen molar-refractivity contribution in [3.8, 4) is 0 Å². The molecule has 0 aliphatic carbocycles. The van der Waals surface area contributed by atoms with Gasteiger partial charge in [-0.3, -0.25) is 14.4 Å². The fourth-order valence-electron chi connectivity index (χ4n) is 3.03. The molecule has 0 saturated carbocycles. The molecule has 0 unspecified atom stereocenters. The number of rotatable bonds is 10. The minimum absolute atomic E-state index is 0.0211. The van der Waals surface area contributed by atoms with Crippen LogP contribution in [0.3, 0.4) is 0 Å². The highest BCUT2D eigenvalue weighted by molar-refractivity contribution is 5.98. The molecule has 7 heteroatoms. The molecule has 0 aliphatic heterocycles. The second-order valence-corrected chi connectivity index (χ2v) is 7.03. The van der Waals surface area contributed by atoms with Gasteiger partial charge in [0.25, 0.3) is 5.91 Å². The summed E-state index contributed by atoms with van der Waals surface area (Å²) in [5.74, 6) is -0.375. The van der Waals surface area contributed by atoms with Crippen molar-refractivity contribution >= 4 is 34.8 Å². The van der Waals surface area contributed by atoms with Gasteiger partial charge in [-0.05, 0) is 55.3 Å². The summed E-state index contributed by atoms with van der Waals surface area (Å²) in [5, 5.41) is 8.54. The third-order valence-corrected chi connectivity index (χ3v) is 4.33. The van der Waals surface area contributed by atoms with Gasteiger partial charge in [0.1, 0.15) is 0 Å². The number of hydrogen-bond acceptors (Lipinski definition) is 4. The average Bonchev–Trinajstić information content (AvgIpc) is 2.72. The van der Waals surface area contributed by atoms with Crippen molar-refractivity contribution < 1.29 is 14.4 Å². The van der Waals surface area contributed by atoms with Crippen LogP contribution in [0.25, 0.3) is 0 Å². The summed E-state index contributed by atoms with van der Waals surface area (Å²) in [4.78, 5) is 37.9. The van der Waals surface area contributed by atoms with Gasteiger partial charge in [-0.2, -0.15) is 0 Å². The molecule has 0 atom stereocenters. The SMILES string of the molecule is CCCN(CCC)C(=O)c1cccc(NC(=O)CNc2ccc(NC(C)=O)cc2)c1. The number of anilines is 3. The standard InChI is InChI=1S/C23H30N4O3/c1-4-13-27(14-5-2)23(30)18-7-6-8-21(15-18)26-22(29)16-24-19-9-11-20(12-10-19)25-17(3)28/h6-12,15,24H,4-5,13-14,16H2,1-3H3,(H,25,28)(H,26,29). The number of nitrogens with one attached hydrogen (secondary N) is 3. The normalized spacial score (nSPS) is 10.2. The fourth-order valence-corrected chi connectivity index (χ4v) is 3.03. The van der Waals surface area contributed by atoms with E-state index in [2.05, 4.69) is 16.0 Å². The Kier molecular flexibility index (Phi) is 8.87. The van der Waals surface area contributed by atoms with E-state index in [4.69, 9.17) is 0 Å². The Morgan fingerprint density at radius 2 is 1.47 bits per heavy atom. The number of benzene rings is 2. The smallest absolute Gasteiger partial charge is 0.253 e. The molecular formula is C23H30N4O3. The summed E-state index contributed by atoms with van der Waals surface area (Å²) in [6.45, 7) is 7.06. The van der Waals surface area contributed by atoms with Gasteiger partial charge in [0.15, 0.2) is 0 Å². The molecule has 2 aromatic carbocycles. The lowest BCUT2D eigenvalue weighted by atomic mass is 10.1. The molecule has 7 nitrogen and oxygen atoms in total. The number of carbonyl (C=O) groups excluding carboxylic acids is 3. The van der Waals surface area contributed by atoms with Crippen LogP contribution in [0, 0.1) is 0 Å². The number of nitrogens with zero attached hydrogens (tertiary/aromatic N) is 1. The molecule has 0 aliphatic rings. The van der Waals surface area contributed by atoms with Gasteiger partial charge in [0.05, 0.1) is 6.54 Å². The van der Waals surface area contributed by atoms with Gasteiger partial charge in [-0.15, -0.1) is 0 Å². The Hall–Kier alpha value is -3.35.